The van der Waals surface area contributed by atoms with Gasteiger partial charge in [0.15, 0.2) is 11.5 Å². The standard InChI is InChI=1S/C23H14F3N7O2/c24-13-2-4-14(18(26)8-13)19-10-35-23(34)33(19)20-5-6-32-22(30-20)16(9-29-32)12-1-3-15(17(25)7-12)21-27-11-28-31-21/h1-9,11,19H,10H2,(H,27,28,31)/t19-/m0/s1. The lowest BCUT2D eigenvalue weighted by atomic mass is 10.1. The van der Waals surface area contributed by atoms with Crippen molar-refractivity contribution in [1.29, 1.82) is 0 Å². The van der Waals surface area contributed by atoms with Gasteiger partial charge in [-0.15, -0.1) is 0 Å². The van der Waals surface area contributed by atoms with Gasteiger partial charge in [-0.05, 0) is 29.8 Å². The molecule has 6 rings (SSSR count). The summed E-state index contributed by atoms with van der Waals surface area (Å²) in [5.41, 5.74) is 1.66. The van der Waals surface area contributed by atoms with Crippen LogP contribution in [0, 0.1) is 17.5 Å². The summed E-state index contributed by atoms with van der Waals surface area (Å²) in [5, 5.41) is 10.7. The first kappa shape index (κ1) is 20.8. The number of carbonyl (C=O) groups excluding carboxylic acids is 1. The highest BCUT2D eigenvalue weighted by molar-refractivity contribution is 5.90. The summed E-state index contributed by atoms with van der Waals surface area (Å²) in [4.78, 5) is 22.2. The van der Waals surface area contributed by atoms with Crippen molar-refractivity contribution in [3.05, 3.63) is 84.2 Å². The van der Waals surface area contributed by atoms with Gasteiger partial charge in [0.1, 0.15) is 42.2 Å². The Morgan fingerprint density at radius 2 is 1.91 bits per heavy atom. The van der Waals surface area contributed by atoms with Crippen LogP contribution in [0.5, 0.6) is 0 Å². The van der Waals surface area contributed by atoms with E-state index in [9.17, 15) is 18.0 Å². The number of hydrogen-bond donors (Lipinski definition) is 1. The molecule has 1 N–H and O–H groups in total. The molecule has 0 spiro atoms. The average molecular weight is 477 g/mol. The van der Waals surface area contributed by atoms with Gasteiger partial charge >= 0.3 is 6.09 Å². The normalized spacial score (nSPS) is 15.7. The molecule has 0 bridgehead atoms. The van der Waals surface area contributed by atoms with Crippen molar-refractivity contribution >= 4 is 17.6 Å². The van der Waals surface area contributed by atoms with Crippen molar-refractivity contribution in [3.8, 4) is 22.5 Å². The molecular weight excluding hydrogens is 463 g/mol. The third kappa shape index (κ3) is 3.46. The molecule has 1 saturated heterocycles. The summed E-state index contributed by atoms with van der Waals surface area (Å²) >= 11 is 0. The molecule has 174 valence electrons. The molecule has 0 radical (unpaired) electrons. The number of ether oxygens (including phenoxy) is 1. The second-order valence-corrected chi connectivity index (χ2v) is 7.76. The van der Waals surface area contributed by atoms with Crippen molar-refractivity contribution in [3.63, 3.8) is 0 Å². The third-order valence-corrected chi connectivity index (χ3v) is 5.73. The van der Waals surface area contributed by atoms with Crippen molar-refractivity contribution in [1.82, 2.24) is 29.8 Å². The number of fused-ring (bicyclic) bond motifs is 1. The van der Waals surface area contributed by atoms with E-state index in [0.717, 1.165) is 12.1 Å². The van der Waals surface area contributed by atoms with Crippen LogP contribution in [0.3, 0.4) is 0 Å². The zero-order valence-electron chi connectivity index (χ0n) is 17.7. The Balaban J connectivity index is 1.41. The van der Waals surface area contributed by atoms with Gasteiger partial charge in [-0.2, -0.15) is 10.2 Å². The number of halogens is 3. The minimum absolute atomic E-state index is 0.0947. The average Bonchev–Trinajstić information content (AvgIpc) is 3.59. The maximum atomic E-state index is 14.8. The summed E-state index contributed by atoms with van der Waals surface area (Å²) in [5.74, 6) is -1.67. The number of H-pyrrole nitrogens is 1. The summed E-state index contributed by atoms with van der Waals surface area (Å²) in [6, 6.07) is 8.36. The number of nitrogens with one attached hydrogen (secondary N) is 1. The first-order valence-electron chi connectivity index (χ1n) is 10.4. The largest absolute Gasteiger partial charge is 0.447 e. The van der Waals surface area contributed by atoms with E-state index in [1.165, 1.54) is 40.1 Å². The molecule has 5 aromatic rings. The van der Waals surface area contributed by atoms with Crippen LogP contribution in [0.25, 0.3) is 28.2 Å². The molecule has 1 aliphatic rings. The summed E-state index contributed by atoms with van der Waals surface area (Å²) in [6.45, 7) is -0.131. The molecule has 9 nitrogen and oxygen atoms in total. The van der Waals surface area contributed by atoms with E-state index >= 15 is 0 Å². The number of nitrogens with zero attached hydrogens (tertiary/aromatic N) is 6. The molecule has 35 heavy (non-hydrogen) atoms. The number of aromatic amines is 1. The van der Waals surface area contributed by atoms with Gasteiger partial charge in [-0.1, -0.05) is 12.1 Å². The molecule has 3 aromatic heterocycles. The third-order valence-electron chi connectivity index (χ3n) is 5.73. The van der Waals surface area contributed by atoms with E-state index in [2.05, 4.69) is 25.3 Å². The minimum atomic E-state index is -0.845. The molecule has 1 aliphatic heterocycles. The Bertz CT molecular complexity index is 1590. The first-order chi connectivity index (χ1) is 17.0. The second-order valence-electron chi connectivity index (χ2n) is 7.76. The fourth-order valence-electron chi connectivity index (χ4n) is 4.08. The van der Waals surface area contributed by atoms with Gasteiger partial charge in [0, 0.05) is 23.4 Å². The van der Waals surface area contributed by atoms with Crippen LogP contribution in [-0.2, 0) is 4.74 Å². The fraction of sp³-hybridized carbons (Fsp3) is 0.0870. The van der Waals surface area contributed by atoms with Crippen LogP contribution in [0.4, 0.5) is 23.8 Å². The second kappa shape index (κ2) is 7.94. The van der Waals surface area contributed by atoms with Crippen LogP contribution in [-0.4, -0.2) is 42.5 Å². The van der Waals surface area contributed by atoms with Gasteiger partial charge in [-0.3, -0.25) is 10.00 Å². The van der Waals surface area contributed by atoms with Crippen molar-refractivity contribution < 1.29 is 22.7 Å². The van der Waals surface area contributed by atoms with Crippen LogP contribution in [0.2, 0.25) is 0 Å². The molecule has 1 amide bonds. The highest BCUT2D eigenvalue weighted by Crippen LogP contribution is 2.35. The van der Waals surface area contributed by atoms with Crippen LogP contribution in [0.15, 0.2) is 61.2 Å². The monoisotopic (exact) mass is 477 g/mol. The first-order valence-corrected chi connectivity index (χ1v) is 10.4. The number of amides is 1. The Labute approximate surface area is 194 Å². The van der Waals surface area contributed by atoms with Gasteiger partial charge in [0.25, 0.3) is 0 Å². The number of hydrogen-bond acceptors (Lipinski definition) is 6. The van der Waals surface area contributed by atoms with E-state index in [-0.39, 0.29) is 29.4 Å². The maximum absolute atomic E-state index is 14.8. The van der Waals surface area contributed by atoms with Gasteiger partial charge in [-0.25, -0.2) is 32.4 Å². The Hall–Kier alpha value is -4.74. The molecule has 0 saturated carbocycles. The highest BCUT2D eigenvalue weighted by Gasteiger charge is 2.38. The lowest BCUT2D eigenvalue weighted by molar-refractivity contribution is 0.178. The number of carbonyl (C=O) groups is 1. The fourth-order valence-corrected chi connectivity index (χ4v) is 4.08. The lowest BCUT2D eigenvalue weighted by Crippen LogP contribution is -2.29. The predicted molar refractivity (Wildman–Crippen MR) is 117 cm³/mol. The molecule has 4 heterocycles. The van der Waals surface area contributed by atoms with E-state index in [0.29, 0.717) is 16.8 Å². The topological polar surface area (TPSA) is 101 Å². The Kier molecular flexibility index (Phi) is 4.73. The number of anilines is 1. The molecule has 0 unspecified atom stereocenters. The summed E-state index contributed by atoms with van der Waals surface area (Å²) < 4.78 is 49.3. The molecular formula is C23H14F3N7O2. The van der Waals surface area contributed by atoms with Crippen molar-refractivity contribution in [2.24, 2.45) is 0 Å². The molecule has 12 heteroatoms. The molecule has 2 aromatic carbocycles. The maximum Gasteiger partial charge on any atom is 0.416 e. The van der Waals surface area contributed by atoms with Gasteiger partial charge in [0.05, 0.1) is 11.8 Å². The van der Waals surface area contributed by atoms with Gasteiger partial charge in [0.2, 0.25) is 0 Å². The molecule has 1 atom stereocenters. The summed E-state index contributed by atoms with van der Waals surface area (Å²) in [6.07, 6.45) is 3.72. The number of benzene rings is 2. The van der Waals surface area contributed by atoms with Crippen molar-refractivity contribution in [2.45, 2.75) is 6.04 Å². The van der Waals surface area contributed by atoms with Crippen LogP contribution in [0.1, 0.15) is 11.6 Å². The SMILES string of the molecule is O=C1OC[C@@H](c2ccc(F)cc2F)N1c1ccn2ncc(-c3ccc(-c4nc[nH]n4)c(F)c3)c2n1. The molecule has 1 fully saturated rings. The quantitative estimate of drug-likeness (QED) is 0.414. The summed E-state index contributed by atoms with van der Waals surface area (Å²) in [7, 11) is 0. The van der Waals surface area contributed by atoms with Gasteiger partial charge < -0.3 is 4.74 Å². The highest BCUT2D eigenvalue weighted by atomic mass is 19.1. The van der Waals surface area contributed by atoms with E-state index in [1.807, 2.05) is 0 Å². The minimum Gasteiger partial charge on any atom is -0.447 e. The van der Waals surface area contributed by atoms with Crippen LogP contribution < -0.4 is 4.90 Å². The molecule has 0 aliphatic carbocycles. The Morgan fingerprint density at radius 1 is 1.03 bits per heavy atom. The predicted octanol–water partition coefficient (Wildman–Crippen LogP) is 4.30. The van der Waals surface area contributed by atoms with Crippen molar-refractivity contribution in [2.75, 3.05) is 11.5 Å². The Morgan fingerprint density at radius 3 is 2.69 bits per heavy atom. The van der Waals surface area contributed by atoms with E-state index in [4.69, 9.17) is 4.74 Å². The zero-order chi connectivity index (χ0) is 24.1. The number of aromatic nitrogens is 6. The zero-order valence-corrected chi connectivity index (χ0v) is 17.7. The number of rotatable bonds is 4. The number of cyclic esters (lactones) is 1. The smallest absolute Gasteiger partial charge is 0.416 e. The van der Waals surface area contributed by atoms with E-state index in [1.54, 1.807) is 18.3 Å². The van der Waals surface area contributed by atoms with E-state index < -0.39 is 29.6 Å². The van der Waals surface area contributed by atoms with Crippen LogP contribution >= 0.6 is 0 Å². The lowest BCUT2D eigenvalue weighted by Gasteiger charge is -2.21.